The Bertz CT molecular complexity index is 1110. The summed E-state index contributed by atoms with van der Waals surface area (Å²) in [4.78, 5) is 16.5. The van der Waals surface area contributed by atoms with E-state index >= 15 is 0 Å². The van der Waals surface area contributed by atoms with Crippen molar-refractivity contribution >= 4 is 17.8 Å². The number of pyridine rings is 1. The number of carbonyl (C=O) groups excluding carboxylic acids is 1. The van der Waals surface area contributed by atoms with E-state index in [2.05, 4.69) is 16.4 Å². The molecule has 0 spiro atoms. The highest BCUT2D eigenvalue weighted by Gasteiger charge is 2.35. The molecule has 1 radical (unpaired) electrons. The number of nitrogens with zero attached hydrogens (tertiary/aromatic N) is 1. The highest BCUT2D eigenvalue weighted by molar-refractivity contribution is 6.02. The van der Waals surface area contributed by atoms with E-state index in [1.165, 1.54) is 24.3 Å². The van der Waals surface area contributed by atoms with Crippen LogP contribution in [-0.2, 0) is 11.0 Å². The van der Waals surface area contributed by atoms with Gasteiger partial charge in [0.2, 0.25) is 5.91 Å². The van der Waals surface area contributed by atoms with Crippen molar-refractivity contribution < 1.29 is 22.7 Å². The van der Waals surface area contributed by atoms with Gasteiger partial charge in [-0.25, -0.2) is 4.98 Å². The van der Waals surface area contributed by atoms with Gasteiger partial charge in [0.25, 0.3) is 0 Å². The summed E-state index contributed by atoms with van der Waals surface area (Å²) in [6.07, 6.45) is -2.12. The molecule has 0 fully saturated rings. The minimum absolute atomic E-state index is 0.100. The van der Waals surface area contributed by atoms with Gasteiger partial charge in [0, 0.05) is 22.9 Å². The van der Waals surface area contributed by atoms with E-state index < -0.39 is 17.6 Å². The van der Waals surface area contributed by atoms with Gasteiger partial charge in [-0.05, 0) is 49.8 Å². The van der Waals surface area contributed by atoms with Gasteiger partial charge in [0.1, 0.15) is 11.6 Å². The Balaban J connectivity index is 2.03. The average molecular weight is 425 g/mol. The molecule has 0 aliphatic rings. The highest BCUT2D eigenvalue weighted by atomic mass is 19.4. The number of ether oxygens (including phenoxy) is 1. The van der Waals surface area contributed by atoms with Gasteiger partial charge in [0.15, 0.2) is 0 Å². The minimum Gasteiger partial charge on any atom is -0.493 e. The van der Waals surface area contributed by atoms with Gasteiger partial charge < -0.3 is 10.1 Å². The Morgan fingerprint density at radius 2 is 1.94 bits per heavy atom. The number of hydrogen-bond acceptors (Lipinski definition) is 3. The van der Waals surface area contributed by atoms with Crippen molar-refractivity contribution in [2.24, 2.45) is 0 Å². The summed E-state index contributed by atoms with van der Waals surface area (Å²) in [5.74, 6) is 0.163. The van der Waals surface area contributed by atoms with Crippen LogP contribution in [-0.4, -0.2) is 17.5 Å². The van der Waals surface area contributed by atoms with Crippen molar-refractivity contribution in [1.29, 1.82) is 0 Å². The van der Waals surface area contributed by atoms with Crippen LogP contribution in [0, 0.1) is 13.0 Å². The fourth-order valence-electron chi connectivity index (χ4n) is 3.07. The molecule has 3 rings (SSSR count). The number of hydrogen-bond donors (Lipinski definition) is 1. The quantitative estimate of drug-likeness (QED) is 0.498. The van der Waals surface area contributed by atoms with Crippen LogP contribution in [0.5, 0.6) is 5.75 Å². The summed E-state index contributed by atoms with van der Waals surface area (Å²) in [6.45, 7) is 3.84. The molecule has 0 saturated heterocycles. The Labute approximate surface area is 178 Å². The molecule has 0 bridgehead atoms. The van der Waals surface area contributed by atoms with Crippen LogP contribution in [0.2, 0.25) is 0 Å². The first-order valence-electron chi connectivity index (χ1n) is 9.56. The normalized spacial score (nSPS) is 11.5. The number of alkyl halides is 3. The second-order valence-corrected chi connectivity index (χ2v) is 6.60. The zero-order valence-electron chi connectivity index (χ0n) is 17.0. The molecular weight excluding hydrogens is 405 g/mol. The van der Waals surface area contributed by atoms with Gasteiger partial charge in [-0.2, -0.15) is 13.2 Å². The molecule has 1 amide bonds. The van der Waals surface area contributed by atoms with E-state index in [1.807, 2.05) is 0 Å². The number of anilines is 1. The highest BCUT2D eigenvalue weighted by Crippen LogP contribution is 2.42. The van der Waals surface area contributed by atoms with Gasteiger partial charge in [-0.3, -0.25) is 4.79 Å². The fraction of sp³-hybridized carbons (Fsp3) is 0.167. The van der Waals surface area contributed by atoms with E-state index in [0.717, 1.165) is 5.69 Å². The largest absolute Gasteiger partial charge is 0.493 e. The van der Waals surface area contributed by atoms with Gasteiger partial charge in [-0.15, -0.1) is 0 Å². The average Bonchev–Trinajstić information content (AvgIpc) is 2.72. The van der Waals surface area contributed by atoms with Crippen LogP contribution in [0.4, 0.5) is 19.0 Å². The number of benzene rings is 2. The van der Waals surface area contributed by atoms with Crippen molar-refractivity contribution in [1.82, 2.24) is 4.98 Å². The molecule has 4 nitrogen and oxygen atoms in total. The van der Waals surface area contributed by atoms with Gasteiger partial charge in [-0.1, -0.05) is 36.4 Å². The maximum absolute atomic E-state index is 13.8. The molecule has 0 unspecified atom stereocenters. The summed E-state index contributed by atoms with van der Waals surface area (Å²) in [6, 6.07) is 16.6. The number of nitrogens with one attached hydrogen (secondary N) is 1. The molecule has 3 aromatic rings. The van der Waals surface area contributed by atoms with Crippen LogP contribution in [0.3, 0.4) is 0 Å². The first-order chi connectivity index (χ1) is 14.8. The third-order valence-electron chi connectivity index (χ3n) is 4.32. The maximum Gasteiger partial charge on any atom is 0.417 e. The predicted molar refractivity (Wildman–Crippen MR) is 114 cm³/mol. The number of carbonyl (C=O) groups is 1. The van der Waals surface area contributed by atoms with Crippen LogP contribution in [0.1, 0.15) is 23.7 Å². The molecule has 0 atom stereocenters. The Kier molecular flexibility index (Phi) is 6.74. The van der Waals surface area contributed by atoms with Crippen LogP contribution in [0.15, 0.2) is 60.7 Å². The number of amides is 1. The number of aryl methyl sites for hydroxylation is 1. The number of para-hydroxylation sites is 1. The zero-order valence-corrected chi connectivity index (χ0v) is 17.0. The van der Waals surface area contributed by atoms with Crippen molar-refractivity contribution in [2.75, 3.05) is 11.9 Å². The number of rotatable bonds is 6. The number of aromatic nitrogens is 1. The fourth-order valence-corrected chi connectivity index (χ4v) is 3.07. The standard InChI is InChI=1S/C24H20F3N2O2/c1-3-31-20-12-5-4-10-18(20)23-17(9-7-11-19(23)24(25,26)27)14-15-22(30)29-21-13-6-8-16(2)28-21/h4-10,12-15H,3H2,1-2H3,(H,28,29,30)/b15-14+. The van der Waals surface area contributed by atoms with E-state index in [9.17, 15) is 18.0 Å². The van der Waals surface area contributed by atoms with Crippen LogP contribution in [0.25, 0.3) is 17.2 Å². The van der Waals surface area contributed by atoms with E-state index in [0.29, 0.717) is 18.2 Å². The van der Waals surface area contributed by atoms with Crippen molar-refractivity contribution in [3.8, 4) is 16.9 Å². The lowest BCUT2D eigenvalue weighted by Crippen LogP contribution is -2.10. The smallest absolute Gasteiger partial charge is 0.417 e. The minimum atomic E-state index is -4.63. The lowest BCUT2D eigenvalue weighted by atomic mass is 9.93. The molecule has 1 N–H and O–H groups in total. The first kappa shape index (κ1) is 22.1. The Morgan fingerprint density at radius 1 is 1.16 bits per heavy atom. The lowest BCUT2D eigenvalue weighted by Gasteiger charge is -2.18. The molecule has 2 aromatic carbocycles. The summed E-state index contributed by atoms with van der Waals surface area (Å²) in [5.41, 5.74) is 0.184. The lowest BCUT2D eigenvalue weighted by molar-refractivity contribution is -0.137. The first-order valence-corrected chi connectivity index (χ1v) is 9.56. The third-order valence-corrected chi connectivity index (χ3v) is 4.32. The molecule has 7 heteroatoms. The molecule has 159 valence electrons. The maximum atomic E-state index is 13.8. The molecule has 0 saturated carbocycles. The zero-order chi connectivity index (χ0) is 22.4. The molecule has 1 aromatic heterocycles. The van der Waals surface area contributed by atoms with Gasteiger partial charge >= 0.3 is 6.18 Å². The van der Waals surface area contributed by atoms with Crippen LogP contribution < -0.4 is 10.1 Å². The molecule has 0 aliphatic carbocycles. The van der Waals surface area contributed by atoms with Crippen molar-refractivity contribution in [3.05, 3.63) is 83.6 Å². The molecule has 1 heterocycles. The molecule has 0 aliphatic heterocycles. The molecule has 31 heavy (non-hydrogen) atoms. The SMILES string of the molecule is CCOc1ccccc1-c1c(C(F)(F)F)[c]ccc1/C=C/C(=O)Nc1cccc(C)n1. The monoisotopic (exact) mass is 425 g/mol. The van der Waals surface area contributed by atoms with Gasteiger partial charge in [0.05, 0.1) is 12.2 Å². The van der Waals surface area contributed by atoms with E-state index in [1.54, 1.807) is 56.3 Å². The summed E-state index contributed by atoms with van der Waals surface area (Å²) in [5, 5.41) is 2.60. The second kappa shape index (κ2) is 9.47. The van der Waals surface area contributed by atoms with Crippen molar-refractivity contribution in [2.45, 2.75) is 20.0 Å². The van der Waals surface area contributed by atoms with Crippen LogP contribution >= 0.6 is 0 Å². The number of halogens is 3. The summed E-state index contributed by atoms with van der Waals surface area (Å²) < 4.78 is 46.9. The third kappa shape index (κ3) is 5.51. The van der Waals surface area contributed by atoms with E-state index in [4.69, 9.17) is 4.74 Å². The van der Waals surface area contributed by atoms with E-state index in [-0.39, 0.29) is 16.7 Å². The topological polar surface area (TPSA) is 51.2 Å². The Hall–Kier alpha value is -3.61. The van der Waals surface area contributed by atoms with Crippen molar-refractivity contribution in [3.63, 3.8) is 0 Å². The Morgan fingerprint density at radius 3 is 2.65 bits per heavy atom. The molecular formula is C24H20F3N2O2. The summed E-state index contributed by atoms with van der Waals surface area (Å²) >= 11 is 0. The summed E-state index contributed by atoms with van der Waals surface area (Å²) in [7, 11) is 0. The second-order valence-electron chi connectivity index (χ2n) is 6.60. The predicted octanol–water partition coefficient (Wildman–Crippen LogP) is 5.93.